The van der Waals surface area contributed by atoms with Crippen LogP contribution in [0.2, 0.25) is 0 Å². The van der Waals surface area contributed by atoms with Crippen LogP contribution in [0.15, 0.2) is 15.6 Å². The summed E-state index contributed by atoms with van der Waals surface area (Å²) in [5.41, 5.74) is -0.105. The Hall–Kier alpha value is -0.840. The third-order valence-electron chi connectivity index (χ3n) is 3.38. The molecule has 18 heavy (non-hydrogen) atoms. The van der Waals surface area contributed by atoms with Gasteiger partial charge in [-0.05, 0) is 34.7 Å². The van der Waals surface area contributed by atoms with Crippen LogP contribution in [0, 0.1) is 5.92 Å². The molecule has 1 aliphatic rings. The minimum atomic E-state index is -0.105. The largest absolute Gasteiger partial charge is 0.352 e. The highest BCUT2D eigenvalue weighted by atomic mass is 79.9. The van der Waals surface area contributed by atoms with Crippen molar-refractivity contribution in [2.24, 2.45) is 5.92 Å². The summed E-state index contributed by atoms with van der Waals surface area (Å²) in [5.74, 6) is 1.35. The number of nitrogens with one attached hydrogen (secondary N) is 1. The predicted octanol–water partition coefficient (Wildman–Crippen LogP) is 2.94. The smallest absolute Gasteiger partial charge is 0.267 e. The van der Waals surface area contributed by atoms with Gasteiger partial charge in [0.1, 0.15) is 4.47 Å². The zero-order valence-electron chi connectivity index (χ0n) is 10.9. The molecular weight excluding hydrogens is 294 g/mol. The monoisotopic (exact) mass is 313 g/mol. The van der Waals surface area contributed by atoms with Gasteiger partial charge in [0.05, 0.1) is 6.33 Å². The summed E-state index contributed by atoms with van der Waals surface area (Å²) < 4.78 is 0.553. The molecule has 1 aromatic rings. The molecule has 1 heterocycles. The molecule has 0 atom stereocenters. The highest BCUT2D eigenvalue weighted by Crippen LogP contribution is 2.30. The molecule has 0 bridgehead atoms. The van der Waals surface area contributed by atoms with E-state index in [0.29, 0.717) is 16.4 Å². The third kappa shape index (κ3) is 2.94. The van der Waals surface area contributed by atoms with Crippen LogP contribution in [0.5, 0.6) is 0 Å². The maximum Gasteiger partial charge on any atom is 0.267 e. The van der Waals surface area contributed by atoms with Crippen LogP contribution in [-0.2, 0) is 0 Å². The molecule has 1 N–H and O–H groups in total. The maximum absolute atomic E-state index is 11.7. The quantitative estimate of drug-likeness (QED) is 0.929. The Morgan fingerprint density at radius 2 is 2.17 bits per heavy atom. The van der Waals surface area contributed by atoms with Gasteiger partial charge in [-0.1, -0.05) is 26.7 Å². The molecule has 1 aliphatic carbocycles. The van der Waals surface area contributed by atoms with E-state index in [9.17, 15) is 4.79 Å². The summed E-state index contributed by atoms with van der Waals surface area (Å²) >= 11 is 3.37. The first-order chi connectivity index (χ1) is 8.59. The van der Waals surface area contributed by atoms with Gasteiger partial charge in [-0.2, -0.15) is 0 Å². The fourth-order valence-electron chi connectivity index (χ4n) is 2.59. The first kappa shape index (κ1) is 13.6. The lowest BCUT2D eigenvalue weighted by molar-refractivity contribution is 0.529. The molecule has 4 nitrogen and oxygen atoms in total. The second-order valence-corrected chi connectivity index (χ2v) is 6.15. The number of hydrogen-bond acceptors (Lipinski definition) is 3. The van der Waals surface area contributed by atoms with Crippen molar-refractivity contribution in [2.45, 2.75) is 45.6 Å². The van der Waals surface area contributed by atoms with Gasteiger partial charge in [0.15, 0.2) is 5.82 Å². The fourth-order valence-corrected chi connectivity index (χ4v) is 3.04. The topological polar surface area (TPSA) is 49.0 Å². The van der Waals surface area contributed by atoms with E-state index in [2.05, 4.69) is 44.6 Å². The van der Waals surface area contributed by atoms with Crippen LogP contribution in [0.1, 0.15) is 39.5 Å². The summed E-state index contributed by atoms with van der Waals surface area (Å²) in [6, 6.07) is 0.526. The Balaban J connectivity index is 2.32. The summed E-state index contributed by atoms with van der Waals surface area (Å²) in [6.45, 7) is 5.34. The Labute approximate surface area is 116 Å². The Bertz CT molecular complexity index is 452. The van der Waals surface area contributed by atoms with Gasteiger partial charge in [-0.25, -0.2) is 4.98 Å². The molecule has 0 spiro atoms. The third-order valence-corrected chi connectivity index (χ3v) is 4.09. The van der Waals surface area contributed by atoms with Gasteiger partial charge in [0.25, 0.3) is 5.56 Å². The van der Waals surface area contributed by atoms with Gasteiger partial charge in [0.2, 0.25) is 0 Å². The summed E-state index contributed by atoms with van der Waals surface area (Å²) in [6.07, 6.45) is 6.45. The fraction of sp³-hybridized carbons (Fsp3) is 0.692. The molecule has 0 radical (unpaired) electrons. The molecule has 1 fully saturated rings. The molecule has 0 aromatic carbocycles. The highest BCUT2D eigenvalue weighted by Gasteiger charge is 2.26. The predicted molar refractivity (Wildman–Crippen MR) is 77.0 cm³/mol. The summed E-state index contributed by atoms with van der Waals surface area (Å²) in [5, 5.41) is 0. The lowest BCUT2D eigenvalue weighted by Crippen LogP contribution is -2.38. The second kappa shape index (κ2) is 5.87. The Morgan fingerprint density at radius 3 is 2.78 bits per heavy atom. The van der Waals surface area contributed by atoms with Crippen molar-refractivity contribution in [3.05, 3.63) is 21.2 Å². The molecule has 2 rings (SSSR count). The van der Waals surface area contributed by atoms with E-state index in [1.807, 2.05) is 0 Å². The lowest BCUT2D eigenvalue weighted by atomic mass is 10.1. The van der Waals surface area contributed by atoms with Crippen LogP contribution in [-0.4, -0.2) is 22.6 Å². The number of hydrogen-bond donors (Lipinski definition) is 1. The van der Waals surface area contributed by atoms with Crippen molar-refractivity contribution < 1.29 is 0 Å². The van der Waals surface area contributed by atoms with Crippen molar-refractivity contribution >= 4 is 21.7 Å². The normalized spacial score (nSPS) is 16.4. The molecule has 0 unspecified atom stereocenters. The van der Waals surface area contributed by atoms with E-state index in [0.717, 1.165) is 12.4 Å². The van der Waals surface area contributed by atoms with Crippen LogP contribution in [0.4, 0.5) is 5.82 Å². The molecule has 100 valence electrons. The summed E-state index contributed by atoms with van der Waals surface area (Å²) in [4.78, 5) is 20.9. The van der Waals surface area contributed by atoms with Crippen LogP contribution in [0.25, 0.3) is 0 Å². The minimum Gasteiger partial charge on any atom is -0.352 e. The molecular formula is C13H20BrN3O. The van der Waals surface area contributed by atoms with Gasteiger partial charge in [0, 0.05) is 12.6 Å². The first-order valence-corrected chi connectivity index (χ1v) is 7.38. The molecule has 0 saturated heterocycles. The lowest BCUT2D eigenvalue weighted by Gasteiger charge is -2.32. The number of rotatable bonds is 4. The van der Waals surface area contributed by atoms with Crippen molar-refractivity contribution in [3.63, 3.8) is 0 Å². The first-order valence-electron chi connectivity index (χ1n) is 6.59. The number of aromatic nitrogens is 2. The standard InChI is InChI=1S/C13H20BrN3O/c1-9(2)7-17(10-5-3-4-6-10)12-11(14)13(18)16-8-15-12/h8-10H,3-7H2,1-2H3,(H,15,16,18). The van der Waals surface area contributed by atoms with Gasteiger partial charge in [-0.15, -0.1) is 0 Å². The molecule has 5 heteroatoms. The van der Waals surface area contributed by atoms with Gasteiger partial charge in [-0.3, -0.25) is 4.79 Å². The highest BCUT2D eigenvalue weighted by molar-refractivity contribution is 9.10. The molecule has 1 saturated carbocycles. The van der Waals surface area contributed by atoms with E-state index >= 15 is 0 Å². The van der Waals surface area contributed by atoms with E-state index < -0.39 is 0 Å². The zero-order chi connectivity index (χ0) is 13.1. The van der Waals surface area contributed by atoms with E-state index in [4.69, 9.17) is 0 Å². The number of H-pyrrole nitrogens is 1. The number of halogens is 1. The summed E-state index contributed by atoms with van der Waals surface area (Å²) in [7, 11) is 0. The number of anilines is 1. The van der Waals surface area contributed by atoms with Gasteiger partial charge < -0.3 is 9.88 Å². The Kier molecular flexibility index (Phi) is 4.43. The van der Waals surface area contributed by atoms with Crippen LogP contribution < -0.4 is 10.5 Å². The minimum absolute atomic E-state index is 0.105. The molecule has 0 amide bonds. The van der Waals surface area contributed by atoms with Crippen LogP contribution >= 0.6 is 15.9 Å². The van der Waals surface area contributed by atoms with E-state index in [1.165, 1.54) is 32.0 Å². The van der Waals surface area contributed by atoms with Crippen LogP contribution in [0.3, 0.4) is 0 Å². The average Bonchev–Trinajstić information content (AvgIpc) is 2.83. The van der Waals surface area contributed by atoms with Crippen molar-refractivity contribution in [3.8, 4) is 0 Å². The Morgan fingerprint density at radius 1 is 1.50 bits per heavy atom. The van der Waals surface area contributed by atoms with Crippen molar-refractivity contribution in [1.29, 1.82) is 0 Å². The van der Waals surface area contributed by atoms with E-state index in [1.54, 1.807) is 0 Å². The van der Waals surface area contributed by atoms with Crippen molar-refractivity contribution in [2.75, 3.05) is 11.4 Å². The van der Waals surface area contributed by atoms with Gasteiger partial charge >= 0.3 is 0 Å². The maximum atomic E-state index is 11.7. The number of aromatic amines is 1. The SMILES string of the molecule is CC(C)CN(c1nc[nH]c(=O)c1Br)C1CCCC1. The second-order valence-electron chi connectivity index (χ2n) is 5.35. The molecule has 1 aromatic heterocycles. The zero-order valence-corrected chi connectivity index (χ0v) is 12.5. The average molecular weight is 314 g/mol. The van der Waals surface area contributed by atoms with E-state index in [-0.39, 0.29) is 5.56 Å². The number of nitrogens with zero attached hydrogens (tertiary/aromatic N) is 2. The van der Waals surface area contributed by atoms with Crippen molar-refractivity contribution in [1.82, 2.24) is 9.97 Å². The molecule has 0 aliphatic heterocycles.